The van der Waals surface area contributed by atoms with Crippen molar-refractivity contribution in [2.24, 2.45) is 18.5 Å². The Morgan fingerprint density at radius 3 is 2.52 bits per heavy atom. The van der Waals surface area contributed by atoms with Crippen LogP contribution in [0.4, 0.5) is 0 Å². The number of para-hydroxylation sites is 1. The van der Waals surface area contributed by atoms with Crippen molar-refractivity contribution in [3.8, 4) is 0 Å². The maximum atomic E-state index is 13.1. The first kappa shape index (κ1) is 31.1. The predicted octanol–water partition coefficient (Wildman–Crippen LogP) is 2.01. The summed E-state index contributed by atoms with van der Waals surface area (Å²) in [6.45, 7) is 3.52. The number of ether oxygens (including phenoxy) is 2. The molecule has 0 spiro atoms. The van der Waals surface area contributed by atoms with Crippen LogP contribution in [0.25, 0.3) is 11.0 Å². The molecular formula is C31H41N5O6. The Hall–Kier alpha value is -3.80. The van der Waals surface area contributed by atoms with E-state index in [1.165, 1.54) is 10.1 Å². The summed E-state index contributed by atoms with van der Waals surface area (Å²) < 4.78 is 14.8. The number of amides is 3. The van der Waals surface area contributed by atoms with Crippen molar-refractivity contribution in [3.05, 3.63) is 69.6 Å². The van der Waals surface area contributed by atoms with Crippen LogP contribution in [0, 0.1) is 0 Å². The van der Waals surface area contributed by atoms with E-state index in [0.717, 1.165) is 35.9 Å². The first-order valence-electron chi connectivity index (χ1n) is 14.5. The summed E-state index contributed by atoms with van der Waals surface area (Å²) in [5.74, 6) is -1.10. The number of nitrogens with zero attached hydrogens (tertiary/aromatic N) is 2. The molecule has 0 saturated carbocycles. The number of imidazole rings is 1. The van der Waals surface area contributed by atoms with E-state index in [9.17, 15) is 19.2 Å². The molecule has 1 saturated heterocycles. The molecule has 3 amide bonds. The lowest BCUT2D eigenvalue weighted by Gasteiger charge is -2.21. The van der Waals surface area contributed by atoms with Crippen molar-refractivity contribution in [1.82, 2.24) is 14.5 Å². The third-order valence-corrected chi connectivity index (χ3v) is 7.84. The highest BCUT2D eigenvalue weighted by Gasteiger charge is 2.31. The average molecular weight is 580 g/mol. The molecule has 1 fully saturated rings. The van der Waals surface area contributed by atoms with Crippen LogP contribution in [0.1, 0.15) is 61.8 Å². The summed E-state index contributed by atoms with van der Waals surface area (Å²) in [5, 5.41) is 2.35. The van der Waals surface area contributed by atoms with Crippen LogP contribution in [0.3, 0.4) is 0 Å². The van der Waals surface area contributed by atoms with E-state index in [0.29, 0.717) is 38.2 Å². The molecule has 2 aromatic carbocycles. The van der Waals surface area contributed by atoms with Gasteiger partial charge in [0.15, 0.2) is 0 Å². The smallest absolute Gasteiger partial charge is 0.329 e. The van der Waals surface area contributed by atoms with Gasteiger partial charge in [-0.15, -0.1) is 0 Å². The highest BCUT2D eigenvalue weighted by atomic mass is 16.5. The minimum atomic E-state index is -0.694. The van der Waals surface area contributed by atoms with Crippen molar-refractivity contribution >= 4 is 28.8 Å². The summed E-state index contributed by atoms with van der Waals surface area (Å²) in [6, 6.07) is 13.0. The van der Waals surface area contributed by atoms with E-state index in [-0.39, 0.29) is 42.5 Å². The van der Waals surface area contributed by atoms with Crippen LogP contribution in [-0.2, 0) is 50.4 Å². The highest BCUT2D eigenvalue weighted by molar-refractivity contribution is 6.00. The van der Waals surface area contributed by atoms with Gasteiger partial charge in [-0.3, -0.25) is 28.8 Å². The number of piperidine rings is 1. The molecule has 3 atom stereocenters. The lowest BCUT2D eigenvalue weighted by Crippen LogP contribution is -2.44. The lowest BCUT2D eigenvalue weighted by molar-refractivity contribution is -0.135. The molecule has 4 rings (SSSR count). The van der Waals surface area contributed by atoms with Crippen molar-refractivity contribution < 1.29 is 23.9 Å². The van der Waals surface area contributed by atoms with Gasteiger partial charge in [0.1, 0.15) is 6.04 Å². The van der Waals surface area contributed by atoms with Crippen LogP contribution in [-0.4, -0.2) is 52.2 Å². The van der Waals surface area contributed by atoms with Gasteiger partial charge in [0.05, 0.1) is 30.4 Å². The molecule has 5 N–H and O–H groups in total. The molecule has 11 nitrogen and oxygen atoms in total. The van der Waals surface area contributed by atoms with Crippen molar-refractivity contribution in [1.29, 1.82) is 0 Å². The van der Waals surface area contributed by atoms with Crippen LogP contribution < -0.4 is 22.5 Å². The molecular weight excluding hydrogens is 538 g/mol. The molecule has 3 aromatic rings. The van der Waals surface area contributed by atoms with E-state index < -0.39 is 11.9 Å². The Morgan fingerprint density at radius 1 is 1.07 bits per heavy atom. The van der Waals surface area contributed by atoms with Gasteiger partial charge in [-0.25, -0.2) is 4.79 Å². The third-order valence-electron chi connectivity index (χ3n) is 7.84. The van der Waals surface area contributed by atoms with E-state index in [4.69, 9.17) is 20.9 Å². The van der Waals surface area contributed by atoms with Crippen LogP contribution in [0.5, 0.6) is 0 Å². The zero-order valence-corrected chi connectivity index (χ0v) is 24.3. The molecule has 1 aromatic heterocycles. The zero-order chi connectivity index (χ0) is 30.2. The van der Waals surface area contributed by atoms with Crippen LogP contribution in [0.2, 0.25) is 0 Å². The van der Waals surface area contributed by atoms with Gasteiger partial charge in [0.25, 0.3) is 0 Å². The molecule has 226 valence electrons. The molecule has 2 heterocycles. The Balaban J connectivity index is 1.22. The SMILES string of the molecule is C[C@@H](OCc1ccc(CCOCCCc2cccc3c2n(C)c(=O)n3C2CCC(=O)NC2=O)cc1)[C@@H](N)CCC(N)=O. The zero-order valence-electron chi connectivity index (χ0n) is 24.3. The summed E-state index contributed by atoms with van der Waals surface area (Å²) in [4.78, 5) is 48.1. The van der Waals surface area contributed by atoms with E-state index in [1.54, 1.807) is 11.6 Å². The quantitative estimate of drug-likeness (QED) is 0.183. The Bertz CT molecular complexity index is 1460. The second-order valence-electron chi connectivity index (χ2n) is 10.9. The number of fused-ring (bicyclic) bond motifs is 1. The molecule has 11 heteroatoms. The number of aromatic nitrogens is 2. The average Bonchev–Trinajstić information content (AvgIpc) is 3.22. The third kappa shape index (κ3) is 7.72. The predicted molar refractivity (Wildman–Crippen MR) is 159 cm³/mol. The van der Waals surface area contributed by atoms with Gasteiger partial charge in [-0.05, 0) is 61.8 Å². The van der Waals surface area contributed by atoms with Crippen molar-refractivity contribution in [2.75, 3.05) is 13.2 Å². The Labute approximate surface area is 245 Å². The minimum absolute atomic E-state index is 0.181. The number of imide groups is 1. The molecule has 1 aliphatic heterocycles. The molecule has 0 radical (unpaired) electrons. The fourth-order valence-electron chi connectivity index (χ4n) is 5.30. The van der Waals surface area contributed by atoms with Gasteiger partial charge >= 0.3 is 5.69 Å². The number of primary amides is 1. The summed E-state index contributed by atoms with van der Waals surface area (Å²) in [7, 11) is 1.71. The number of hydrogen-bond acceptors (Lipinski definition) is 7. The fourth-order valence-corrected chi connectivity index (χ4v) is 5.30. The van der Waals surface area contributed by atoms with Crippen LogP contribution >= 0.6 is 0 Å². The summed E-state index contributed by atoms with van der Waals surface area (Å²) >= 11 is 0. The topological polar surface area (TPSA) is 161 Å². The van der Waals surface area contributed by atoms with Gasteiger partial charge in [0, 0.05) is 32.5 Å². The van der Waals surface area contributed by atoms with Gasteiger partial charge in [-0.1, -0.05) is 36.4 Å². The van der Waals surface area contributed by atoms with Gasteiger partial charge in [-0.2, -0.15) is 0 Å². The Morgan fingerprint density at radius 2 is 1.81 bits per heavy atom. The number of nitrogens with two attached hydrogens (primary N) is 2. The summed E-state index contributed by atoms with van der Waals surface area (Å²) in [6.07, 6.45) is 3.40. The maximum Gasteiger partial charge on any atom is 0.329 e. The second kappa shape index (κ2) is 14.4. The monoisotopic (exact) mass is 579 g/mol. The number of nitrogens with one attached hydrogen (secondary N) is 1. The summed E-state index contributed by atoms with van der Waals surface area (Å²) in [5.41, 5.74) is 15.7. The number of carbonyl (C=O) groups excluding carboxylic acids is 3. The standard InChI is InChI=1S/C31H41N5O6/c1-20(24(32)12-14-27(33)37)42-19-22-10-8-21(9-11-22)16-18-41-17-4-6-23-5-3-7-25-29(23)35(2)31(40)36(25)26-13-15-28(38)34-30(26)39/h3,5,7-11,20,24,26H,4,6,12-19,32H2,1-2H3,(H2,33,37)(H,34,38,39)/t20-,24+,26?/m1/s1. The largest absolute Gasteiger partial charge is 0.381 e. The molecule has 1 unspecified atom stereocenters. The van der Waals surface area contributed by atoms with E-state index in [2.05, 4.69) is 17.4 Å². The van der Waals surface area contributed by atoms with Gasteiger partial charge in [0.2, 0.25) is 17.7 Å². The number of aryl methyl sites for hydroxylation is 2. The fraction of sp³-hybridized carbons (Fsp3) is 0.484. The maximum absolute atomic E-state index is 13.1. The number of benzene rings is 2. The van der Waals surface area contributed by atoms with E-state index in [1.807, 2.05) is 37.3 Å². The Kier molecular flexibility index (Phi) is 10.7. The first-order valence-corrected chi connectivity index (χ1v) is 14.5. The number of rotatable bonds is 15. The molecule has 42 heavy (non-hydrogen) atoms. The number of hydrogen-bond donors (Lipinski definition) is 3. The highest BCUT2D eigenvalue weighted by Crippen LogP contribution is 2.25. The van der Waals surface area contributed by atoms with Gasteiger partial charge < -0.3 is 20.9 Å². The first-order chi connectivity index (χ1) is 20.2. The van der Waals surface area contributed by atoms with Crippen molar-refractivity contribution in [3.63, 3.8) is 0 Å². The molecule has 0 bridgehead atoms. The lowest BCUT2D eigenvalue weighted by atomic mass is 10.0. The van der Waals surface area contributed by atoms with Crippen molar-refractivity contribution in [2.45, 2.75) is 76.7 Å². The number of carbonyl (C=O) groups is 3. The molecule has 0 aliphatic carbocycles. The normalized spacial score (nSPS) is 16.9. The van der Waals surface area contributed by atoms with E-state index >= 15 is 0 Å². The molecule has 1 aliphatic rings. The second-order valence-corrected chi connectivity index (χ2v) is 10.9. The minimum Gasteiger partial charge on any atom is -0.381 e. The van der Waals surface area contributed by atoms with Crippen LogP contribution in [0.15, 0.2) is 47.3 Å².